The van der Waals surface area contributed by atoms with Crippen LogP contribution in [0.1, 0.15) is 18.9 Å². The van der Waals surface area contributed by atoms with Gasteiger partial charge < -0.3 is 19.1 Å². The van der Waals surface area contributed by atoms with E-state index in [0.29, 0.717) is 18.8 Å². The van der Waals surface area contributed by atoms with Crippen molar-refractivity contribution in [1.82, 2.24) is 0 Å². The van der Waals surface area contributed by atoms with E-state index in [1.54, 1.807) is 13.1 Å². The average molecular weight is 306 g/mol. The maximum Gasteiger partial charge on any atom is 0.356 e. The number of carbonyl (C=O) groups excluding carboxylic acids is 1. The molecule has 0 aromatic heterocycles. The highest BCUT2D eigenvalue weighted by atomic mass is 16.7. The number of carbonyl (C=O) groups is 1. The molecule has 1 heterocycles. The lowest BCUT2D eigenvalue weighted by atomic mass is 10.2. The molecule has 0 spiro atoms. The lowest BCUT2D eigenvalue weighted by molar-refractivity contribution is -0.135. The first-order chi connectivity index (χ1) is 10.7. The molecule has 1 aliphatic rings. The van der Waals surface area contributed by atoms with Gasteiger partial charge in [0.2, 0.25) is 0 Å². The van der Waals surface area contributed by atoms with Gasteiger partial charge in [-0.2, -0.15) is 0 Å². The van der Waals surface area contributed by atoms with E-state index in [4.69, 9.17) is 14.3 Å². The normalized spacial score (nSPS) is 17.0. The van der Waals surface area contributed by atoms with Crippen molar-refractivity contribution in [3.8, 4) is 5.75 Å². The minimum absolute atomic E-state index is 0.268. The van der Waals surface area contributed by atoms with Gasteiger partial charge in [0.25, 0.3) is 0 Å². The van der Waals surface area contributed by atoms with E-state index in [0.717, 1.165) is 5.56 Å². The first kappa shape index (κ1) is 15.8. The fraction of sp³-hybridized carbons (Fsp3) is 0.400. The Balaban J connectivity index is 1.88. The Morgan fingerprint density at radius 2 is 2.32 bits per heavy atom. The minimum Gasteiger partial charge on any atom is -0.489 e. The molecule has 1 aromatic rings. The predicted molar refractivity (Wildman–Crippen MR) is 80.1 cm³/mol. The molecule has 0 saturated carbocycles. The Morgan fingerprint density at radius 3 is 3.09 bits per heavy atom. The zero-order valence-electron chi connectivity index (χ0n) is 12.5. The van der Waals surface area contributed by atoms with Gasteiger partial charge in [0.15, 0.2) is 11.8 Å². The summed E-state index contributed by atoms with van der Waals surface area (Å²) in [4.78, 5) is 21.4. The molecule has 0 bridgehead atoms. The summed E-state index contributed by atoms with van der Waals surface area (Å²) in [6.45, 7) is 2.32. The quantitative estimate of drug-likeness (QED) is 0.436. The number of para-hydroxylation sites is 1. The van der Waals surface area contributed by atoms with Crippen molar-refractivity contribution in [2.24, 2.45) is 10.3 Å². The third kappa shape index (κ3) is 4.21. The molecule has 7 nitrogen and oxygen atoms in total. The molecule has 0 amide bonds. The van der Waals surface area contributed by atoms with Crippen LogP contribution >= 0.6 is 0 Å². The van der Waals surface area contributed by atoms with Gasteiger partial charge in [0.05, 0.1) is 12.8 Å². The fourth-order valence-corrected chi connectivity index (χ4v) is 1.86. The summed E-state index contributed by atoms with van der Waals surface area (Å²) in [7, 11) is 1.47. The second-order valence-corrected chi connectivity index (χ2v) is 4.46. The number of benzene rings is 1. The van der Waals surface area contributed by atoms with Crippen molar-refractivity contribution in [2.75, 3.05) is 20.3 Å². The number of hydrogen-bond acceptors (Lipinski definition) is 7. The average Bonchev–Trinajstić information content (AvgIpc) is 3.01. The predicted octanol–water partition coefficient (Wildman–Crippen LogP) is 1.75. The van der Waals surface area contributed by atoms with Crippen molar-refractivity contribution in [1.29, 1.82) is 0 Å². The number of oxime groups is 2. The lowest BCUT2D eigenvalue weighted by Gasteiger charge is -2.12. The third-order valence-corrected chi connectivity index (χ3v) is 2.88. The monoisotopic (exact) mass is 306 g/mol. The molecule has 0 radical (unpaired) electrons. The summed E-state index contributed by atoms with van der Waals surface area (Å²) < 4.78 is 10.6. The minimum atomic E-state index is -0.447. The van der Waals surface area contributed by atoms with Crippen LogP contribution in [-0.2, 0) is 19.2 Å². The standard InChI is InChI=1S/C15H18N2O5/c1-3-20-15(18)13-8-12(22-17-13)10-21-14-7-5-4-6-11(14)9-16-19-2/h4-7,9,12H,3,8,10H2,1-2H3/b16-9-/t12-/m0/s1. The summed E-state index contributed by atoms with van der Waals surface area (Å²) in [6, 6.07) is 7.40. The number of esters is 1. The zero-order valence-corrected chi connectivity index (χ0v) is 12.5. The Hall–Kier alpha value is -2.57. The molecule has 22 heavy (non-hydrogen) atoms. The van der Waals surface area contributed by atoms with Gasteiger partial charge in [-0.1, -0.05) is 22.4 Å². The molecule has 0 N–H and O–H groups in total. The molecular weight excluding hydrogens is 288 g/mol. The van der Waals surface area contributed by atoms with Crippen LogP contribution in [0, 0.1) is 0 Å². The van der Waals surface area contributed by atoms with Crippen molar-refractivity contribution >= 4 is 17.9 Å². The van der Waals surface area contributed by atoms with Crippen molar-refractivity contribution < 1.29 is 23.9 Å². The number of nitrogens with zero attached hydrogens (tertiary/aromatic N) is 2. The molecule has 1 aliphatic heterocycles. The van der Waals surface area contributed by atoms with Gasteiger partial charge in [0.1, 0.15) is 19.5 Å². The molecule has 2 rings (SSSR count). The maximum absolute atomic E-state index is 11.5. The Labute approximate surface area is 128 Å². The van der Waals surface area contributed by atoms with Crippen molar-refractivity contribution in [3.05, 3.63) is 29.8 Å². The summed E-state index contributed by atoms with van der Waals surface area (Å²) in [5.41, 5.74) is 1.07. The van der Waals surface area contributed by atoms with E-state index < -0.39 is 5.97 Å². The van der Waals surface area contributed by atoms with Crippen LogP contribution in [0.15, 0.2) is 34.6 Å². The van der Waals surface area contributed by atoms with Crippen molar-refractivity contribution in [3.63, 3.8) is 0 Å². The van der Waals surface area contributed by atoms with Crippen LogP contribution < -0.4 is 4.74 Å². The molecule has 0 saturated heterocycles. The fourth-order valence-electron chi connectivity index (χ4n) is 1.86. The van der Waals surface area contributed by atoms with Gasteiger partial charge in [0, 0.05) is 12.0 Å². The second-order valence-electron chi connectivity index (χ2n) is 4.46. The second kappa shape index (κ2) is 8.02. The summed E-state index contributed by atoms with van der Waals surface area (Å²) >= 11 is 0. The number of rotatable bonds is 7. The summed E-state index contributed by atoms with van der Waals surface area (Å²) in [5, 5.41) is 7.45. The highest BCUT2D eigenvalue weighted by Crippen LogP contribution is 2.19. The van der Waals surface area contributed by atoms with E-state index in [-0.39, 0.29) is 18.4 Å². The smallest absolute Gasteiger partial charge is 0.356 e. The number of hydrogen-bond donors (Lipinski definition) is 0. The van der Waals surface area contributed by atoms with E-state index in [9.17, 15) is 4.79 Å². The largest absolute Gasteiger partial charge is 0.489 e. The van der Waals surface area contributed by atoms with Gasteiger partial charge >= 0.3 is 5.97 Å². The van der Waals surface area contributed by atoms with E-state index in [2.05, 4.69) is 15.1 Å². The lowest BCUT2D eigenvalue weighted by Crippen LogP contribution is -2.22. The van der Waals surface area contributed by atoms with Gasteiger partial charge in [-0.05, 0) is 19.1 Å². The van der Waals surface area contributed by atoms with Crippen LogP contribution in [-0.4, -0.2) is 44.3 Å². The SMILES string of the molecule is CCOC(=O)C1=NO[C@H](COc2ccccc2/C=N\OC)C1. The Morgan fingerprint density at radius 1 is 1.50 bits per heavy atom. The first-order valence-electron chi connectivity index (χ1n) is 6.92. The summed E-state index contributed by atoms with van der Waals surface area (Å²) in [6.07, 6.45) is 1.62. The topological polar surface area (TPSA) is 78.7 Å². The molecule has 7 heteroatoms. The van der Waals surface area contributed by atoms with Crippen LogP contribution in [0.4, 0.5) is 0 Å². The zero-order chi connectivity index (χ0) is 15.8. The van der Waals surface area contributed by atoms with Gasteiger partial charge in [-0.15, -0.1) is 0 Å². The molecule has 1 atom stereocenters. The molecule has 118 valence electrons. The van der Waals surface area contributed by atoms with Crippen LogP contribution in [0.2, 0.25) is 0 Å². The maximum atomic E-state index is 11.5. The van der Waals surface area contributed by atoms with E-state index in [1.807, 2.05) is 24.3 Å². The third-order valence-electron chi connectivity index (χ3n) is 2.88. The van der Waals surface area contributed by atoms with E-state index in [1.165, 1.54) is 7.11 Å². The first-order valence-corrected chi connectivity index (χ1v) is 6.92. The highest BCUT2D eigenvalue weighted by Gasteiger charge is 2.27. The van der Waals surface area contributed by atoms with Crippen molar-refractivity contribution in [2.45, 2.75) is 19.4 Å². The molecular formula is C15H18N2O5. The molecule has 0 unspecified atom stereocenters. The number of ether oxygens (including phenoxy) is 2. The Bertz CT molecular complexity index is 571. The van der Waals surface area contributed by atoms with Crippen LogP contribution in [0.3, 0.4) is 0 Å². The van der Waals surface area contributed by atoms with E-state index >= 15 is 0 Å². The van der Waals surface area contributed by atoms with Gasteiger partial charge in [-0.3, -0.25) is 0 Å². The highest BCUT2D eigenvalue weighted by molar-refractivity contribution is 6.36. The molecule has 1 aromatic carbocycles. The molecule has 0 aliphatic carbocycles. The van der Waals surface area contributed by atoms with Crippen LogP contribution in [0.25, 0.3) is 0 Å². The van der Waals surface area contributed by atoms with Gasteiger partial charge in [-0.25, -0.2) is 4.79 Å². The summed E-state index contributed by atoms with van der Waals surface area (Å²) in [5.74, 6) is 0.203. The Kier molecular flexibility index (Phi) is 5.76. The van der Waals surface area contributed by atoms with Crippen LogP contribution in [0.5, 0.6) is 5.75 Å². The molecule has 0 fully saturated rings.